The quantitative estimate of drug-likeness (QED) is 0.305. The van der Waals surface area contributed by atoms with E-state index in [1.165, 1.54) is 28.3 Å². The van der Waals surface area contributed by atoms with Crippen LogP contribution >= 0.6 is 0 Å². The first-order valence-corrected chi connectivity index (χ1v) is 9.25. The summed E-state index contributed by atoms with van der Waals surface area (Å²) < 4.78 is 27.4. The highest BCUT2D eigenvalue weighted by Crippen LogP contribution is 2.38. The Labute approximate surface area is 176 Å². The molecule has 3 atom stereocenters. The minimum Gasteiger partial charge on any atom is -0.493 e. The zero-order valence-electron chi connectivity index (χ0n) is 17.8. The van der Waals surface area contributed by atoms with Gasteiger partial charge >= 0.3 is 0 Å². The number of rotatable bonds is 11. The molecular weight excluding hydrogens is 390 g/mol. The predicted octanol–water partition coefficient (Wildman–Crippen LogP) is 4.37. The van der Waals surface area contributed by atoms with Crippen molar-refractivity contribution in [2.24, 2.45) is 0 Å². The van der Waals surface area contributed by atoms with Crippen molar-refractivity contribution in [3.05, 3.63) is 70.3 Å². The molecule has 0 fully saturated rings. The second kappa shape index (κ2) is 10.5. The van der Waals surface area contributed by atoms with Gasteiger partial charge in [-0.1, -0.05) is 18.2 Å². The molecule has 0 amide bonds. The third kappa shape index (κ3) is 5.01. The highest BCUT2D eigenvalue weighted by Gasteiger charge is 2.32. The maximum Gasteiger partial charge on any atom is 0.240 e. The number of hydrogen-bond acceptors (Lipinski definition) is 7. The molecule has 8 heteroatoms. The lowest BCUT2D eigenvalue weighted by molar-refractivity contribution is -0.533. The summed E-state index contributed by atoms with van der Waals surface area (Å²) in [5.41, 5.74) is 1.31. The van der Waals surface area contributed by atoms with E-state index in [0.717, 1.165) is 5.56 Å². The van der Waals surface area contributed by atoms with Crippen LogP contribution in [-0.4, -0.2) is 39.4 Å². The third-order valence-corrected chi connectivity index (χ3v) is 4.75. The Kier molecular flexibility index (Phi) is 8.06. The molecule has 0 radical (unpaired) electrons. The lowest BCUT2D eigenvalue weighted by Gasteiger charge is -2.25. The van der Waals surface area contributed by atoms with Crippen molar-refractivity contribution < 1.29 is 28.6 Å². The molecule has 162 valence electrons. The van der Waals surface area contributed by atoms with Crippen LogP contribution in [0.5, 0.6) is 23.0 Å². The van der Waals surface area contributed by atoms with Crippen LogP contribution in [0, 0.1) is 10.1 Å². The molecule has 1 unspecified atom stereocenters. The van der Waals surface area contributed by atoms with Crippen LogP contribution in [0.4, 0.5) is 0 Å². The number of nitro groups is 1. The first-order chi connectivity index (χ1) is 14.4. The Morgan fingerprint density at radius 1 is 0.867 bits per heavy atom. The van der Waals surface area contributed by atoms with Gasteiger partial charge in [0.15, 0.2) is 29.1 Å². The zero-order chi connectivity index (χ0) is 22.3. The minimum atomic E-state index is -1.02. The van der Waals surface area contributed by atoms with Gasteiger partial charge in [0, 0.05) is 11.8 Å². The topological polar surface area (TPSA) is 89.3 Å². The predicted molar refractivity (Wildman–Crippen MR) is 112 cm³/mol. The van der Waals surface area contributed by atoms with E-state index in [9.17, 15) is 10.1 Å². The fourth-order valence-electron chi connectivity index (χ4n) is 3.07. The Morgan fingerprint density at radius 3 is 1.77 bits per heavy atom. The average Bonchev–Trinajstić information content (AvgIpc) is 2.78. The molecule has 0 aromatic heterocycles. The number of hydrogen-bond donors (Lipinski definition) is 0. The minimum absolute atomic E-state index is 0.379. The SMILES string of the molecule is C=C[C@H](O[C@@H](c1ccc(OC)c(OC)c1)C(C)[N+](=O)[O-])c1ccc(OC)c(OC)c1. The van der Waals surface area contributed by atoms with Gasteiger partial charge in [0.05, 0.1) is 28.4 Å². The van der Waals surface area contributed by atoms with Gasteiger partial charge in [-0.3, -0.25) is 10.1 Å². The van der Waals surface area contributed by atoms with Crippen LogP contribution in [0.3, 0.4) is 0 Å². The molecule has 0 aliphatic carbocycles. The lowest BCUT2D eigenvalue weighted by atomic mass is 10.0. The molecule has 2 aromatic rings. The molecule has 8 nitrogen and oxygen atoms in total. The number of ether oxygens (including phenoxy) is 5. The highest BCUT2D eigenvalue weighted by atomic mass is 16.6. The van der Waals surface area contributed by atoms with Crippen LogP contribution in [0.2, 0.25) is 0 Å². The van der Waals surface area contributed by atoms with E-state index in [-0.39, 0.29) is 4.92 Å². The number of nitrogens with zero attached hydrogens (tertiary/aromatic N) is 1. The fourth-order valence-corrected chi connectivity index (χ4v) is 3.07. The summed E-state index contributed by atoms with van der Waals surface area (Å²) in [5, 5.41) is 11.6. The smallest absolute Gasteiger partial charge is 0.240 e. The summed E-state index contributed by atoms with van der Waals surface area (Å²) in [4.78, 5) is 11.2. The van der Waals surface area contributed by atoms with E-state index in [1.807, 2.05) is 0 Å². The van der Waals surface area contributed by atoms with Crippen LogP contribution in [0.1, 0.15) is 30.3 Å². The normalized spacial score (nSPS) is 13.6. The van der Waals surface area contributed by atoms with Crippen molar-refractivity contribution in [1.82, 2.24) is 0 Å². The highest BCUT2D eigenvalue weighted by molar-refractivity contribution is 5.45. The van der Waals surface area contributed by atoms with Crippen LogP contribution < -0.4 is 18.9 Å². The van der Waals surface area contributed by atoms with Crippen molar-refractivity contribution in [3.8, 4) is 23.0 Å². The first-order valence-electron chi connectivity index (χ1n) is 9.25. The van der Waals surface area contributed by atoms with Gasteiger partial charge in [0.2, 0.25) is 6.04 Å². The Balaban J connectivity index is 2.45. The van der Waals surface area contributed by atoms with Gasteiger partial charge in [0.25, 0.3) is 0 Å². The summed E-state index contributed by atoms with van der Waals surface area (Å²) in [6, 6.07) is 9.38. The Hall–Kier alpha value is -3.26. The second-order valence-electron chi connectivity index (χ2n) is 6.47. The molecule has 0 saturated heterocycles. The molecule has 2 rings (SSSR count). The summed E-state index contributed by atoms with van der Waals surface area (Å²) in [6.45, 7) is 5.33. The van der Waals surface area contributed by atoms with Crippen molar-refractivity contribution in [3.63, 3.8) is 0 Å². The van der Waals surface area contributed by atoms with Crippen molar-refractivity contribution in [2.45, 2.75) is 25.2 Å². The second-order valence-corrected chi connectivity index (χ2v) is 6.47. The molecule has 0 spiro atoms. The molecular formula is C22H27NO7. The van der Waals surface area contributed by atoms with E-state index in [4.69, 9.17) is 23.7 Å². The molecule has 0 N–H and O–H groups in total. The molecule has 2 aromatic carbocycles. The van der Waals surface area contributed by atoms with Gasteiger partial charge in [0.1, 0.15) is 6.10 Å². The van der Waals surface area contributed by atoms with Crippen molar-refractivity contribution in [1.29, 1.82) is 0 Å². The fraction of sp³-hybridized carbons (Fsp3) is 0.364. The van der Waals surface area contributed by atoms with E-state index >= 15 is 0 Å². The summed E-state index contributed by atoms with van der Waals surface area (Å²) in [5.74, 6) is 2.07. The van der Waals surface area contributed by atoms with Gasteiger partial charge in [-0.15, -0.1) is 6.58 Å². The molecule has 0 bridgehead atoms. The van der Waals surface area contributed by atoms with Gasteiger partial charge < -0.3 is 23.7 Å². The maximum atomic E-state index is 11.6. The van der Waals surface area contributed by atoms with E-state index in [2.05, 4.69) is 6.58 Å². The van der Waals surface area contributed by atoms with E-state index in [0.29, 0.717) is 28.6 Å². The molecule has 0 aliphatic rings. The standard InChI is InChI=1S/C22H27NO7/c1-7-17(15-8-10-18(26-3)20(12-15)28-5)30-22(14(2)23(24)25)16-9-11-19(27-4)21(13-16)29-6/h7-14,17,22H,1H2,2-6H3/t14?,17-,22+/m0/s1. The molecule has 30 heavy (non-hydrogen) atoms. The molecule has 0 saturated carbocycles. The van der Waals surface area contributed by atoms with Crippen LogP contribution in [0.15, 0.2) is 49.1 Å². The lowest BCUT2D eigenvalue weighted by Crippen LogP contribution is -2.27. The van der Waals surface area contributed by atoms with Crippen molar-refractivity contribution in [2.75, 3.05) is 28.4 Å². The van der Waals surface area contributed by atoms with Crippen molar-refractivity contribution >= 4 is 0 Å². The maximum absolute atomic E-state index is 11.6. The van der Waals surface area contributed by atoms with E-state index in [1.54, 1.807) is 49.6 Å². The van der Waals surface area contributed by atoms with Gasteiger partial charge in [-0.2, -0.15) is 0 Å². The number of benzene rings is 2. The molecule has 0 heterocycles. The monoisotopic (exact) mass is 417 g/mol. The zero-order valence-corrected chi connectivity index (χ0v) is 17.8. The average molecular weight is 417 g/mol. The first kappa shape index (κ1) is 23.0. The summed E-state index contributed by atoms with van der Waals surface area (Å²) in [7, 11) is 6.11. The van der Waals surface area contributed by atoms with Gasteiger partial charge in [-0.25, -0.2) is 0 Å². The Morgan fingerprint density at radius 2 is 1.33 bits per heavy atom. The van der Waals surface area contributed by atoms with Crippen LogP contribution in [-0.2, 0) is 4.74 Å². The van der Waals surface area contributed by atoms with Gasteiger partial charge in [-0.05, 0) is 35.4 Å². The Bertz CT molecular complexity index is 884. The largest absolute Gasteiger partial charge is 0.493 e. The third-order valence-electron chi connectivity index (χ3n) is 4.75. The summed E-state index contributed by atoms with van der Waals surface area (Å²) >= 11 is 0. The van der Waals surface area contributed by atoms with E-state index < -0.39 is 18.2 Å². The number of methoxy groups -OCH3 is 4. The molecule has 0 aliphatic heterocycles. The van der Waals surface area contributed by atoms with Crippen LogP contribution in [0.25, 0.3) is 0 Å². The summed E-state index contributed by atoms with van der Waals surface area (Å²) in [6.07, 6.45) is 0.1000.